The number of carbonyl (C=O) groups excluding carboxylic acids is 1. The van der Waals surface area contributed by atoms with E-state index in [0.717, 1.165) is 0 Å². The summed E-state index contributed by atoms with van der Waals surface area (Å²) in [5.74, 6) is 0.0464. The number of amides is 1. The van der Waals surface area contributed by atoms with Crippen LogP contribution in [0.4, 0.5) is 0 Å². The highest BCUT2D eigenvalue weighted by molar-refractivity contribution is 6.53. The zero-order valence-electron chi connectivity index (χ0n) is 11.2. The van der Waals surface area contributed by atoms with Crippen LogP contribution in [0.25, 0.3) is 0 Å². The minimum absolute atomic E-state index is 0.000596. The second-order valence-electron chi connectivity index (χ2n) is 4.97. The molecule has 0 saturated carbocycles. The number of alkyl halides is 2. The molecule has 1 heterocycles. The first-order chi connectivity index (χ1) is 8.32. The van der Waals surface area contributed by atoms with E-state index in [1.807, 2.05) is 20.8 Å². The SMILES string of the molecule is CC1COC(CN(C(=O)C(Cl)Cl)C(C)C)OC1C. The number of nitrogens with zero attached hydrogens (tertiary/aromatic N) is 1. The molecule has 3 atom stereocenters. The first-order valence-corrected chi connectivity index (χ1v) is 7.06. The van der Waals surface area contributed by atoms with Crippen molar-refractivity contribution in [3.05, 3.63) is 0 Å². The van der Waals surface area contributed by atoms with Gasteiger partial charge in [-0.2, -0.15) is 0 Å². The normalized spacial score (nSPS) is 28.8. The Labute approximate surface area is 119 Å². The van der Waals surface area contributed by atoms with E-state index in [1.165, 1.54) is 0 Å². The van der Waals surface area contributed by atoms with Gasteiger partial charge in [0, 0.05) is 12.0 Å². The molecule has 106 valence electrons. The number of rotatable bonds is 4. The molecule has 0 N–H and O–H groups in total. The van der Waals surface area contributed by atoms with Crippen LogP contribution in [0.3, 0.4) is 0 Å². The topological polar surface area (TPSA) is 38.8 Å². The third-order valence-corrected chi connectivity index (χ3v) is 3.53. The van der Waals surface area contributed by atoms with Crippen molar-refractivity contribution in [3.8, 4) is 0 Å². The average molecular weight is 298 g/mol. The number of carbonyl (C=O) groups is 1. The monoisotopic (exact) mass is 297 g/mol. The van der Waals surface area contributed by atoms with Crippen molar-refractivity contribution in [2.45, 2.75) is 51.0 Å². The van der Waals surface area contributed by atoms with E-state index < -0.39 is 11.1 Å². The summed E-state index contributed by atoms with van der Waals surface area (Å²) in [6.45, 7) is 8.87. The van der Waals surface area contributed by atoms with Gasteiger partial charge in [-0.3, -0.25) is 4.79 Å². The van der Waals surface area contributed by atoms with Crippen LogP contribution in [0.15, 0.2) is 0 Å². The van der Waals surface area contributed by atoms with E-state index in [1.54, 1.807) is 4.90 Å². The summed E-state index contributed by atoms with van der Waals surface area (Å²) >= 11 is 11.3. The number of hydrogen-bond acceptors (Lipinski definition) is 3. The molecule has 0 spiro atoms. The lowest BCUT2D eigenvalue weighted by Crippen LogP contribution is -2.49. The second-order valence-corrected chi connectivity index (χ2v) is 6.06. The Morgan fingerprint density at radius 3 is 2.44 bits per heavy atom. The van der Waals surface area contributed by atoms with Crippen molar-refractivity contribution in [2.75, 3.05) is 13.2 Å². The predicted molar refractivity (Wildman–Crippen MR) is 71.8 cm³/mol. The van der Waals surface area contributed by atoms with Crippen molar-refractivity contribution >= 4 is 29.1 Å². The Hall–Kier alpha value is -0.0300. The molecular weight excluding hydrogens is 277 g/mol. The lowest BCUT2D eigenvalue weighted by Gasteiger charge is -2.37. The fourth-order valence-corrected chi connectivity index (χ4v) is 2.00. The molecule has 6 heteroatoms. The smallest absolute Gasteiger partial charge is 0.256 e. The maximum Gasteiger partial charge on any atom is 0.256 e. The molecule has 3 unspecified atom stereocenters. The minimum atomic E-state index is -1.05. The summed E-state index contributed by atoms with van der Waals surface area (Å²) in [7, 11) is 0. The second kappa shape index (κ2) is 6.94. The van der Waals surface area contributed by atoms with Crippen LogP contribution in [0, 0.1) is 5.92 Å². The highest BCUT2D eigenvalue weighted by Crippen LogP contribution is 2.20. The Morgan fingerprint density at radius 2 is 2.00 bits per heavy atom. The Balaban J connectivity index is 2.59. The molecule has 1 amide bonds. The molecule has 4 nitrogen and oxygen atoms in total. The highest BCUT2D eigenvalue weighted by Gasteiger charge is 2.31. The number of hydrogen-bond donors (Lipinski definition) is 0. The predicted octanol–water partition coefficient (Wildman–Crippen LogP) is 2.42. The van der Waals surface area contributed by atoms with Gasteiger partial charge < -0.3 is 14.4 Å². The van der Waals surface area contributed by atoms with E-state index in [9.17, 15) is 4.79 Å². The van der Waals surface area contributed by atoms with Gasteiger partial charge in [0.2, 0.25) is 0 Å². The van der Waals surface area contributed by atoms with Gasteiger partial charge in [0.25, 0.3) is 5.91 Å². The van der Waals surface area contributed by atoms with Gasteiger partial charge in [-0.1, -0.05) is 30.1 Å². The first kappa shape index (κ1) is 16.0. The van der Waals surface area contributed by atoms with Crippen LogP contribution in [0.1, 0.15) is 27.7 Å². The van der Waals surface area contributed by atoms with E-state index in [4.69, 9.17) is 32.7 Å². The lowest BCUT2D eigenvalue weighted by molar-refractivity contribution is -0.234. The molecule has 18 heavy (non-hydrogen) atoms. The van der Waals surface area contributed by atoms with Gasteiger partial charge in [0.05, 0.1) is 19.3 Å². The quantitative estimate of drug-likeness (QED) is 0.748. The summed E-state index contributed by atoms with van der Waals surface area (Å²) in [5.41, 5.74) is 0. The van der Waals surface area contributed by atoms with Gasteiger partial charge in [0.1, 0.15) is 0 Å². The zero-order valence-corrected chi connectivity index (χ0v) is 12.7. The minimum Gasteiger partial charge on any atom is -0.350 e. The van der Waals surface area contributed by atoms with Crippen LogP contribution in [-0.4, -0.2) is 47.2 Å². The molecule has 0 aromatic heterocycles. The Bertz CT molecular complexity index is 286. The molecule has 1 fully saturated rings. The molecular formula is C12H21Cl2NO3. The van der Waals surface area contributed by atoms with Crippen LogP contribution < -0.4 is 0 Å². The van der Waals surface area contributed by atoms with Gasteiger partial charge in [-0.25, -0.2) is 0 Å². The van der Waals surface area contributed by atoms with Crippen LogP contribution in [0.2, 0.25) is 0 Å². The highest BCUT2D eigenvalue weighted by atomic mass is 35.5. The molecule has 1 aliphatic heterocycles. The Morgan fingerprint density at radius 1 is 1.39 bits per heavy atom. The van der Waals surface area contributed by atoms with Gasteiger partial charge >= 0.3 is 0 Å². The van der Waals surface area contributed by atoms with Gasteiger partial charge in [0.15, 0.2) is 11.1 Å². The summed E-state index contributed by atoms with van der Waals surface area (Å²) in [5, 5.41) is 0. The van der Waals surface area contributed by atoms with E-state index in [0.29, 0.717) is 19.1 Å². The van der Waals surface area contributed by atoms with Crippen molar-refractivity contribution in [1.82, 2.24) is 4.90 Å². The first-order valence-electron chi connectivity index (χ1n) is 6.18. The maximum atomic E-state index is 11.9. The molecule has 1 rings (SSSR count). The fraction of sp³-hybridized carbons (Fsp3) is 0.917. The zero-order chi connectivity index (χ0) is 13.9. The largest absolute Gasteiger partial charge is 0.350 e. The third-order valence-electron chi connectivity index (χ3n) is 3.15. The molecule has 0 bridgehead atoms. The standard InChI is InChI=1S/C12H21Cl2NO3/c1-7(2)15(12(16)11(13)14)5-10-17-6-8(3)9(4)18-10/h7-11H,5-6H2,1-4H3. The van der Waals surface area contributed by atoms with E-state index in [-0.39, 0.29) is 18.1 Å². The van der Waals surface area contributed by atoms with Crippen molar-refractivity contribution in [3.63, 3.8) is 0 Å². The molecule has 1 saturated heterocycles. The molecule has 0 radical (unpaired) electrons. The van der Waals surface area contributed by atoms with E-state index in [2.05, 4.69) is 6.92 Å². The van der Waals surface area contributed by atoms with Crippen molar-refractivity contribution < 1.29 is 14.3 Å². The lowest BCUT2D eigenvalue weighted by atomic mass is 10.1. The van der Waals surface area contributed by atoms with Gasteiger partial charge in [-0.05, 0) is 20.8 Å². The Kier molecular flexibility index (Phi) is 6.18. The summed E-state index contributed by atoms with van der Waals surface area (Å²) in [6, 6.07) is -0.000596. The van der Waals surface area contributed by atoms with Crippen LogP contribution in [-0.2, 0) is 14.3 Å². The number of halogens is 2. The summed E-state index contributed by atoms with van der Waals surface area (Å²) in [6.07, 6.45) is -0.287. The average Bonchev–Trinajstić information content (AvgIpc) is 2.29. The fourth-order valence-electron chi connectivity index (χ4n) is 1.74. The third kappa shape index (κ3) is 4.26. The molecule has 0 aliphatic carbocycles. The molecule has 0 aromatic rings. The van der Waals surface area contributed by atoms with Crippen LogP contribution >= 0.6 is 23.2 Å². The van der Waals surface area contributed by atoms with Gasteiger partial charge in [-0.15, -0.1) is 0 Å². The van der Waals surface area contributed by atoms with E-state index >= 15 is 0 Å². The van der Waals surface area contributed by atoms with Crippen molar-refractivity contribution in [2.24, 2.45) is 5.92 Å². The maximum absolute atomic E-state index is 11.9. The molecule has 1 aliphatic rings. The van der Waals surface area contributed by atoms with Crippen molar-refractivity contribution in [1.29, 1.82) is 0 Å². The summed E-state index contributed by atoms with van der Waals surface area (Å²) < 4.78 is 11.3. The summed E-state index contributed by atoms with van der Waals surface area (Å²) in [4.78, 5) is 12.4. The molecule has 0 aromatic carbocycles. The van der Waals surface area contributed by atoms with Crippen LogP contribution in [0.5, 0.6) is 0 Å². The number of ether oxygens (including phenoxy) is 2.